The summed E-state index contributed by atoms with van der Waals surface area (Å²) in [6.45, 7) is 6.34. The molecule has 0 spiro atoms. The maximum Gasteiger partial charge on any atom is 0.231 e. The highest BCUT2D eigenvalue weighted by Crippen LogP contribution is 2.44. The van der Waals surface area contributed by atoms with E-state index in [0.29, 0.717) is 17.9 Å². The van der Waals surface area contributed by atoms with Crippen LogP contribution < -0.4 is 9.47 Å². The van der Waals surface area contributed by atoms with E-state index in [1.165, 1.54) is 0 Å². The van der Waals surface area contributed by atoms with Gasteiger partial charge in [0.05, 0.1) is 5.41 Å². The van der Waals surface area contributed by atoms with Crippen LogP contribution in [-0.2, 0) is 20.7 Å². The second-order valence-electron chi connectivity index (χ2n) is 6.61. The molecular weight excluding hydrogens is 320 g/mol. The van der Waals surface area contributed by atoms with Crippen LogP contribution in [0.25, 0.3) is 0 Å². The summed E-state index contributed by atoms with van der Waals surface area (Å²) in [5.41, 5.74) is 0.426. The molecule has 0 radical (unpaired) electrons. The van der Waals surface area contributed by atoms with Crippen molar-refractivity contribution in [3.63, 3.8) is 0 Å². The summed E-state index contributed by atoms with van der Waals surface area (Å²) < 4.78 is 21.7. The van der Waals surface area contributed by atoms with Gasteiger partial charge in [-0.05, 0) is 42.5 Å². The Morgan fingerprint density at radius 3 is 2.76 bits per heavy atom. The SMILES string of the molecule is C=CCC1(C(C)Cc2ccc3c(c2)OCO3)C=C2OCOC2=CC1=O. The van der Waals surface area contributed by atoms with Crippen LogP contribution in [0.15, 0.2) is 54.5 Å². The fourth-order valence-corrected chi connectivity index (χ4v) is 3.67. The predicted molar refractivity (Wildman–Crippen MR) is 90.9 cm³/mol. The number of hydrogen-bond donors (Lipinski definition) is 0. The number of fused-ring (bicyclic) bond motifs is 2. The number of ether oxygens (including phenoxy) is 4. The van der Waals surface area contributed by atoms with E-state index in [-0.39, 0.29) is 25.3 Å². The molecule has 0 amide bonds. The van der Waals surface area contributed by atoms with Crippen molar-refractivity contribution in [2.45, 2.75) is 19.8 Å². The van der Waals surface area contributed by atoms with Gasteiger partial charge in [0.25, 0.3) is 0 Å². The second-order valence-corrected chi connectivity index (χ2v) is 6.61. The lowest BCUT2D eigenvalue weighted by atomic mass is 9.66. The molecule has 5 nitrogen and oxygen atoms in total. The van der Waals surface area contributed by atoms with E-state index in [2.05, 4.69) is 13.5 Å². The number of benzene rings is 1. The van der Waals surface area contributed by atoms with Gasteiger partial charge in [-0.1, -0.05) is 19.1 Å². The van der Waals surface area contributed by atoms with Crippen molar-refractivity contribution in [3.8, 4) is 11.5 Å². The molecule has 0 saturated carbocycles. The van der Waals surface area contributed by atoms with Gasteiger partial charge in [-0.25, -0.2) is 0 Å². The fourth-order valence-electron chi connectivity index (χ4n) is 3.67. The van der Waals surface area contributed by atoms with E-state index < -0.39 is 5.41 Å². The van der Waals surface area contributed by atoms with E-state index in [1.54, 1.807) is 12.2 Å². The van der Waals surface area contributed by atoms with Gasteiger partial charge in [-0.2, -0.15) is 0 Å². The molecule has 3 aliphatic rings. The van der Waals surface area contributed by atoms with E-state index >= 15 is 0 Å². The van der Waals surface area contributed by atoms with Gasteiger partial charge in [0, 0.05) is 6.08 Å². The monoisotopic (exact) mass is 340 g/mol. The van der Waals surface area contributed by atoms with Crippen LogP contribution in [0.2, 0.25) is 0 Å². The molecule has 1 aromatic rings. The number of allylic oxidation sites excluding steroid dienone is 3. The van der Waals surface area contributed by atoms with Crippen LogP contribution in [0.5, 0.6) is 11.5 Å². The zero-order valence-corrected chi connectivity index (χ0v) is 14.1. The van der Waals surface area contributed by atoms with Crippen molar-refractivity contribution < 1.29 is 23.7 Å². The highest BCUT2D eigenvalue weighted by atomic mass is 16.7. The summed E-state index contributed by atoms with van der Waals surface area (Å²) in [5, 5.41) is 0. The van der Waals surface area contributed by atoms with Gasteiger partial charge < -0.3 is 18.9 Å². The molecule has 1 saturated heterocycles. The first kappa shape index (κ1) is 15.8. The first-order chi connectivity index (χ1) is 12.1. The third-order valence-corrected chi connectivity index (χ3v) is 5.12. The van der Waals surface area contributed by atoms with Crippen LogP contribution in [0.4, 0.5) is 0 Å². The summed E-state index contributed by atoms with van der Waals surface area (Å²) >= 11 is 0. The molecule has 0 N–H and O–H groups in total. The lowest BCUT2D eigenvalue weighted by Gasteiger charge is -2.35. The Kier molecular flexibility index (Phi) is 3.79. The lowest BCUT2D eigenvalue weighted by molar-refractivity contribution is -0.124. The average molecular weight is 340 g/mol. The summed E-state index contributed by atoms with van der Waals surface area (Å²) in [7, 11) is 0. The molecule has 4 rings (SSSR count). The number of ketones is 1. The van der Waals surface area contributed by atoms with Gasteiger partial charge in [-0.15, -0.1) is 6.58 Å². The molecule has 1 aliphatic carbocycles. The molecule has 2 heterocycles. The van der Waals surface area contributed by atoms with Crippen molar-refractivity contribution in [3.05, 3.63) is 60.1 Å². The average Bonchev–Trinajstić information content (AvgIpc) is 3.23. The zero-order valence-electron chi connectivity index (χ0n) is 14.1. The van der Waals surface area contributed by atoms with Gasteiger partial charge in [0.2, 0.25) is 13.6 Å². The molecule has 130 valence electrons. The second kappa shape index (κ2) is 5.99. The minimum absolute atomic E-state index is 0.0323. The zero-order chi connectivity index (χ0) is 17.4. The van der Waals surface area contributed by atoms with Gasteiger partial charge >= 0.3 is 0 Å². The summed E-state index contributed by atoms with van der Waals surface area (Å²) in [6.07, 6.45) is 6.54. The number of rotatable bonds is 5. The quantitative estimate of drug-likeness (QED) is 0.768. The number of carbonyl (C=O) groups is 1. The maximum absolute atomic E-state index is 12.9. The molecule has 2 aliphatic heterocycles. The standard InChI is InChI=1S/C20H20O5/c1-3-6-20(10-18-17(9-19(20)21)24-12-25-18)13(2)7-14-4-5-15-16(8-14)23-11-22-15/h3-5,8-10,13H,1,6-7,11-12H2,2H3. The summed E-state index contributed by atoms with van der Waals surface area (Å²) in [6, 6.07) is 5.91. The minimum atomic E-state index is -0.676. The molecule has 5 heteroatoms. The normalized spacial score (nSPS) is 24.6. The van der Waals surface area contributed by atoms with Gasteiger partial charge in [0.15, 0.2) is 28.8 Å². The van der Waals surface area contributed by atoms with Crippen molar-refractivity contribution in [1.29, 1.82) is 0 Å². The molecule has 25 heavy (non-hydrogen) atoms. The third kappa shape index (κ3) is 2.60. The summed E-state index contributed by atoms with van der Waals surface area (Å²) in [5.74, 6) is 2.78. The first-order valence-corrected chi connectivity index (χ1v) is 8.37. The van der Waals surface area contributed by atoms with Crippen LogP contribution in [0.3, 0.4) is 0 Å². The van der Waals surface area contributed by atoms with E-state index in [1.807, 2.05) is 24.3 Å². The lowest BCUT2D eigenvalue weighted by Crippen LogP contribution is -2.38. The molecule has 1 aromatic carbocycles. The minimum Gasteiger partial charge on any atom is -0.454 e. The Morgan fingerprint density at radius 2 is 1.92 bits per heavy atom. The van der Waals surface area contributed by atoms with Crippen molar-refractivity contribution in [1.82, 2.24) is 0 Å². The van der Waals surface area contributed by atoms with Crippen molar-refractivity contribution >= 4 is 5.78 Å². The fraction of sp³-hybridized carbons (Fsp3) is 0.350. The highest BCUT2D eigenvalue weighted by Gasteiger charge is 2.44. The predicted octanol–water partition coefficient (Wildman–Crippen LogP) is 3.51. The van der Waals surface area contributed by atoms with Crippen LogP contribution in [0.1, 0.15) is 18.9 Å². The van der Waals surface area contributed by atoms with Crippen LogP contribution in [0, 0.1) is 11.3 Å². The Balaban J connectivity index is 1.63. The largest absolute Gasteiger partial charge is 0.454 e. The smallest absolute Gasteiger partial charge is 0.231 e. The molecule has 0 bridgehead atoms. The Morgan fingerprint density at radius 1 is 1.16 bits per heavy atom. The van der Waals surface area contributed by atoms with Crippen LogP contribution in [-0.4, -0.2) is 19.4 Å². The molecule has 1 fully saturated rings. The number of carbonyl (C=O) groups excluding carboxylic acids is 1. The van der Waals surface area contributed by atoms with E-state index in [0.717, 1.165) is 23.5 Å². The molecule has 0 aromatic heterocycles. The van der Waals surface area contributed by atoms with Crippen molar-refractivity contribution in [2.24, 2.45) is 11.3 Å². The van der Waals surface area contributed by atoms with Crippen molar-refractivity contribution in [2.75, 3.05) is 13.6 Å². The Hall–Kier alpha value is -2.69. The first-order valence-electron chi connectivity index (χ1n) is 8.37. The van der Waals surface area contributed by atoms with Crippen LogP contribution >= 0.6 is 0 Å². The van der Waals surface area contributed by atoms with E-state index in [4.69, 9.17) is 18.9 Å². The summed E-state index contributed by atoms with van der Waals surface area (Å²) in [4.78, 5) is 12.9. The Bertz CT molecular complexity index is 791. The maximum atomic E-state index is 12.9. The Labute approximate surface area is 146 Å². The van der Waals surface area contributed by atoms with E-state index in [9.17, 15) is 4.79 Å². The topological polar surface area (TPSA) is 54.0 Å². The van der Waals surface area contributed by atoms with Gasteiger partial charge in [0.1, 0.15) is 0 Å². The third-order valence-electron chi connectivity index (χ3n) is 5.12. The molecular formula is C20H20O5. The number of hydrogen-bond acceptors (Lipinski definition) is 5. The highest BCUT2D eigenvalue weighted by molar-refractivity contribution is 5.99. The molecule has 2 atom stereocenters. The van der Waals surface area contributed by atoms with Gasteiger partial charge in [-0.3, -0.25) is 4.79 Å². The molecule has 2 unspecified atom stereocenters.